The van der Waals surface area contributed by atoms with Crippen LogP contribution in [0.2, 0.25) is 0 Å². The topological polar surface area (TPSA) is 0 Å². The molecule has 0 N–H and O–H groups in total. The molecular weight excluding hydrogens is 441 g/mol. The number of rotatable bonds is 6. The molecule has 0 saturated carbocycles. The summed E-state index contributed by atoms with van der Waals surface area (Å²) in [5.41, 5.74) is 2.89. The zero-order valence-corrected chi connectivity index (χ0v) is 21.1. The van der Waals surface area contributed by atoms with Crippen molar-refractivity contribution in [1.82, 2.24) is 0 Å². The highest BCUT2D eigenvalue weighted by Gasteiger charge is 2.20. The van der Waals surface area contributed by atoms with Crippen LogP contribution in [0.4, 0.5) is 0 Å². The summed E-state index contributed by atoms with van der Waals surface area (Å²) < 4.78 is 2.88. The van der Waals surface area contributed by atoms with E-state index in [1.807, 2.05) is 45.3 Å². The molecule has 4 heteroatoms. The van der Waals surface area contributed by atoms with Crippen LogP contribution in [-0.2, 0) is 12.8 Å². The highest BCUT2D eigenvalue weighted by Crippen LogP contribution is 2.50. The van der Waals surface area contributed by atoms with Crippen LogP contribution < -0.4 is 0 Å². The van der Waals surface area contributed by atoms with E-state index in [2.05, 4.69) is 74.9 Å². The number of hydrogen-bond donors (Lipinski definition) is 0. The molecule has 154 valence electrons. The van der Waals surface area contributed by atoms with Gasteiger partial charge in [-0.05, 0) is 71.8 Å². The van der Waals surface area contributed by atoms with E-state index in [1.165, 1.54) is 50.8 Å². The molecule has 0 unspecified atom stereocenters. The van der Waals surface area contributed by atoms with Crippen molar-refractivity contribution in [2.75, 3.05) is 0 Å². The minimum Gasteiger partial charge on any atom is -0.143 e. The first-order valence-corrected chi connectivity index (χ1v) is 14.0. The normalized spacial score (nSPS) is 12.2. The van der Waals surface area contributed by atoms with Crippen LogP contribution in [-0.4, -0.2) is 0 Å². The van der Waals surface area contributed by atoms with Crippen molar-refractivity contribution in [2.24, 2.45) is 11.8 Å². The summed E-state index contributed by atoms with van der Waals surface area (Å²) in [5.74, 6) is 1.39. The average molecular weight is 467 g/mol. The van der Waals surface area contributed by atoms with E-state index in [0.29, 0.717) is 11.8 Å². The first-order valence-electron chi connectivity index (χ1n) is 10.6. The number of hydrogen-bond acceptors (Lipinski definition) is 4. The van der Waals surface area contributed by atoms with Crippen molar-refractivity contribution < 1.29 is 0 Å². The van der Waals surface area contributed by atoms with Gasteiger partial charge in [0, 0.05) is 50.8 Å². The van der Waals surface area contributed by atoms with Crippen LogP contribution in [0.3, 0.4) is 0 Å². The van der Waals surface area contributed by atoms with Crippen molar-refractivity contribution in [2.45, 2.75) is 40.5 Å². The van der Waals surface area contributed by atoms with Crippen molar-refractivity contribution in [3.05, 3.63) is 56.9 Å². The van der Waals surface area contributed by atoms with Gasteiger partial charge in [0.25, 0.3) is 0 Å². The predicted molar refractivity (Wildman–Crippen MR) is 141 cm³/mol. The Bertz CT molecular complexity index is 1160. The van der Waals surface area contributed by atoms with Gasteiger partial charge in [-0.2, -0.15) is 0 Å². The minimum atomic E-state index is 0.695. The number of fused-ring (bicyclic) bond motifs is 2. The highest BCUT2D eigenvalue weighted by molar-refractivity contribution is 7.22. The van der Waals surface area contributed by atoms with Crippen molar-refractivity contribution >= 4 is 65.5 Å². The molecule has 0 bridgehead atoms. The lowest BCUT2D eigenvalue weighted by molar-refractivity contribution is 0.654. The monoisotopic (exact) mass is 466 g/mol. The molecule has 0 nitrogen and oxygen atoms in total. The first-order chi connectivity index (χ1) is 14.5. The second-order valence-corrected chi connectivity index (χ2v) is 13.0. The molecule has 0 atom stereocenters. The van der Waals surface area contributed by atoms with Gasteiger partial charge in [0.2, 0.25) is 0 Å². The molecule has 0 radical (unpaired) electrons. The first kappa shape index (κ1) is 20.4. The third-order valence-corrected chi connectivity index (χ3v) is 9.47. The average Bonchev–Trinajstić information content (AvgIpc) is 3.46. The van der Waals surface area contributed by atoms with Gasteiger partial charge < -0.3 is 0 Å². The second kappa shape index (κ2) is 8.23. The van der Waals surface area contributed by atoms with Gasteiger partial charge in [-0.1, -0.05) is 27.7 Å². The Hall–Kier alpha value is -1.46. The third kappa shape index (κ3) is 3.69. The molecule has 5 aromatic rings. The van der Waals surface area contributed by atoms with Gasteiger partial charge >= 0.3 is 0 Å². The molecule has 30 heavy (non-hydrogen) atoms. The van der Waals surface area contributed by atoms with Crippen LogP contribution in [0.25, 0.3) is 41.1 Å². The molecule has 0 spiro atoms. The SMILES string of the molecule is CC(C)Cc1ccc(-c2c3ccsc3c(-c3ccc(CC(C)C)s3)c3ccsc23)s1. The minimum absolute atomic E-state index is 0.695. The van der Waals surface area contributed by atoms with Crippen LogP contribution in [0, 0.1) is 11.8 Å². The van der Waals surface area contributed by atoms with E-state index in [-0.39, 0.29) is 0 Å². The zero-order chi connectivity index (χ0) is 20.8. The van der Waals surface area contributed by atoms with E-state index in [9.17, 15) is 0 Å². The maximum atomic E-state index is 2.35. The summed E-state index contributed by atoms with van der Waals surface area (Å²) in [6, 6.07) is 14.0. The fourth-order valence-corrected chi connectivity index (χ4v) is 8.83. The molecule has 0 aliphatic rings. The van der Waals surface area contributed by atoms with E-state index in [1.54, 1.807) is 0 Å². The fourth-order valence-electron chi connectivity index (χ4n) is 4.18. The third-order valence-electron chi connectivity index (χ3n) is 5.36. The Kier molecular flexibility index (Phi) is 5.61. The zero-order valence-electron chi connectivity index (χ0n) is 17.8. The van der Waals surface area contributed by atoms with E-state index in [4.69, 9.17) is 0 Å². The lowest BCUT2D eigenvalue weighted by atomic mass is 10.0. The van der Waals surface area contributed by atoms with Crippen LogP contribution in [0.15, 0.2) is 47.2 Å². The molecule has 0 saturated heterocycles. The van der Waals surface area contributed by atoms with Crippen LogP contribution in [0.1, 0.15) is 37.4 Å². The Balaban J connectivity index is 1.71. The van der Waals surface area contributed by atoms with Gasteiger partial charge in [0.15, 0.2) is 0 Å². The Morgan fingerprint density at radius 2 is 1.03 bits per heavy atom. The summed E-state index contributed by atoms with van der Waals surface area (Å²) >= 11 is 7.74. The molecule has 0 aliphatic carbocycles. The lowest BCUT2D eigenvalue weighted by Gasteiger charge is -2.10. The molecule has 4 aromatic heterocycles. The maximum Gasteiger partial charge on any atom is 0.0442 e. The molecular formula is C26H26S4. The highest BCUT2D eigenvalue weighted by atomic mass is 32.1. The maximum absolute atomic E-state index is 2.35. The van der Waals surface area contributed by atoms with Gasteiger partial charge in [-0.3, -0.25) is 0 Å². The van der Waals surface area contributed by atoms with Crippen molar-refractivity contribution in [3.63, 3.8) is 0 Å². The van der Waals surface area contributed by atoms with Gasteiger partial charge in [-0.25, -0.2) is 0 Å². The Morgan fingerprint density at radius 3 is 1.43 bits per heavy atom. The molecule has 4 heterocycles. The Morgan fingerprint density at radius 1 is 0.600 bits per heavy atom. The molecule has 0 amide bonds. The standard InChI is InChI=1S/C26H26S4/c1-15(2)13-17-5-7-21(29-17)23-19-9-11-28-26(19)24(20-10-12-27-25(20)23)22-8-6-18(30-22)14-16(3)4/h5-12,15-16H,13-14H2,1-4H3. The van der Waals surface area contributed by atoms with Crippen molar-refractivity contribution in [3.8, 4) is 20.9 Å². The molecule has 1 aromatic carbocycles. The summed E-state index contributed by atoms with van der Waals surface area (Å²) in [7, 11) is 0. The summed E-state index contributed by atoms with van der Waals surface area (Å²) in [6.45, 7) is 9.21. The fraction of sp³-hybridized carbons (Fsp3) is 0.308. The van der Waals surface area contributed by atoms with Gasteiger partial charge in [-0.15, -0.1) is 45.3 Å². The predicted octanol–water partition coefficient (Wildman–Crippen LogP) is 9.97. The largest absolute Gasteiger partial charge is 0.143 e. The summed E-state index contributed by atoms with van der Waals surface area (Å²) in [6.07, 6.45) is 2.33. The molecule has 0 aliphatic heterocycles. The van der Waals surface area contributed by atoms with Crippen LogP contribution in [0.5, 0.6) is 0 Å². The van der Waals surface area contributed by atoms with E-state index in [0.717, 1.165) is 12.8 Å². The quantitative estimate of drug-likeness (QED) is 0.233. The lowest BCUT2D eigenvalue weighted by Crippen LogP contribution is -1.89. The van der Waals surface area contributed by atoms with E-state index >= 15 is 0 Å². The van der Waals surface area contributed by atoms with E-state index < -0.39 is 0 Å². The molecule has 0 fully saturated rings. The smallest absolute Gasteiger partial charge is 0.0442 e. The summed E-state index contributed by atoms with van der Waals surface area (Å²) in [5, 5.41) is 7.38. The summed E-state index contributed by atoms with van der Waals surface area (Å²) in [4.78, 5) is 5.82. The Labute approximate surface area is 194 Å². The molecule has 5 rings (SSSR count). The van der Waals surface area contributed by atoms with Crippen LogP contribution >= 0.6 is 45.3 Å². The number of thiophene rings is 4. The second-order valence-electron chi connectivity index (χ2n) is 8.80. The van der Waals surface area contributed by atoms with Crippen molar-refractivity contribution in [1.29, 1.82) is 0 Å². The number of benzene rings is 1. The van der Waals surface area contributed by atoms with Gasteiger partial charge in [0.05, 0.1) is 0 Å². The van der Waals surface area contributed by atoms with Gasteiger partial charge in [0.1, 0.15) is 0 Å².